The molecule has 3 heterocycles. The number of aryl methyl sites for hydroxylation is 2. The molecule has 11 nitrogen and oxygen atoms in total. The Kier molecular flexibility index (Phi) is 9.59. The number of amides is 2. The second kappa shape index (κ2) is 13.1. The summed E-state index contributed by atoms with van der Waals surface area (Å²) in [5.41, 5.74) is 3.84. The van der Waals surface area contributed by atoms with E-state index in [0.29, 0.717) is 61.1 Å². The van der Waals surface area contributed by atoms with Gasteiger partial charge >= 0.3 is 6.03 Å². The number of likely N-dealkylation sites (tertiary alicyclic amines) is 1. The third-order valence-corrected chi connectivity index (χ3v) is 7.07. The first-order valence-corrected chi connectivity index (χ1v) is 13.6. The fourth-order valence-electron chi connectivity index (χ4n) is 4.81. The Bertz CT molecular complexity index is 1280. The highest BCUT2D eigenvalue weighted by Gasteiger charge is 2.26. The molecule has 1 atom stereocenters. The van der Waals surface area contributed by atoms with Gasteiger partial charge in [-0.1, -0.05) is 17.3 Å². The lowest BCUT2D eigenvalue weighted by Crippen LogP contribution is -2.44. The quantitative estimate of drug-likeness (QED) is 0.389. The summed E-state index contributed by atoms with van der Waals surface area (Å²) < 4.78 is 17.6. The second-order valence-corrected chi connectivity index (χ2v) is 10.5. The molecular weight excluding hydrogens is 512 g/mol. The molecule has 3 aromatic rings. The number of carbonyl (C=O) groups excluding carboxylic acids is 1. The first-order chi connectivity index (χ1) is 19.2. The summed E-state index contributed by atoms with van der Waals surface area (Å²) >= 11 is 0. The largest absolute Gasteiger partial charge is 0.491 e. The molecule has 2 aromatic heterocycles. The number of benzene rings is 1. The fourth-order valence-corrected chi connectivity index (χ4v) is 4.81. The van der Waals surface area contributed by atoms with Crippen LogP contribution in [-0.2, 0) is 0 Å². The van der Waals surface area contributed by atoms with Gasteiger partial charge in [0.2, 0.25) is 5.88 Å². The van der Waals surface area contributed by atoms with Crippen molar-refractivity contribution in [2.45, 2.75) is 39.7 Å². The number of nitrogens with zero attached hydrogens (tertiary/aromatic N) is 5. The van der Waals surface area contributed by atoms with Crippen LogP contribution >= 0.6 is 0 Å². The molecule has 2 N–H and O–H groups in total. The van der Waals surface area contributed by atoms with E-state index in [0.717, 1.165) is 35.2 Å². The van der Waals surface area contributed by atoms with E-state index in [-0.39, 0.29) is 12.6 Å². The topological polar surface area (TPSA) is 126 Å². The molecule has 1 unspecified atom stereocenters. The Balaban J connectivity index is 1.59. The molecule has 11 heteroatoms. The molecule has 0 bridgehead atoms. The zero-order chi connectivity index (χ0) is 28.8. The maximum atomic E-state index is 12.3. The van der Waals surface area contributed by atoms with Crippen LogP contribution < -0.4 is 14.8 Å². The highest BCUT2D eigenvalue weighted by atomic mass is 16.5. The number of ether oxygens (including phenoxy) is 2. The maximum absolute atomic E-state index is 12.3. The van der Waals surface area contributed by atoms with Gasteiger partial charge in [0.15, 0.2) is 5.82 Å². The van der Waals surface area contributed by atoms with E-state index in [1.165, 1.54) is 0 Å². The van der Waals surface area contributed by atoms with Crippen molar-refractivity contribution < 1.29 is 23.9 Å². The Morgan fingerprint density at radius 2 is 1.95 bits per heavy atom. The van der Waals surface area contributed by atoms with E-state index in [1.54, 1.807) is 26.0 Å². The number of carbonyl (C=O) groups is 1. The monoisotopic (exact) mass is 552 g/mol. The predicted molar refractivity (Wildman–Crippen MR) is 151 cm³/mol. The minimum absolute atomic E-state index is 0.0440. The van der Waals surface area contributed by atoms with Crippen LogP contribution in [0.3, 0.4) is 0 Å². The summed E-state index contributed by atoms with van der Waals surface area (Å²) in [7, 11) is 5.33. The standard InChI is InChI=1S/C29H40N6O5/c1-18-26(25-19(2)33-40-20(25)3)31-27(22-8-7-9-24(14-22)38-17-23(36)15-30-4)32-28(18)39-16-21-10-12-35(13-11-21)29(37)34(5)6/h7-9,14,21,23,30,36H,10-13,15-17H2,1-6H3. The van der Waals surface area contributed by atoms with Gasteiger partial charge in [0.25, 0.3) is 0 Å². The van der Waals surface area contributed by atoms with Crippen molar-refractivity contribution in [3.63, 3.8) is 0 Å². The van der Waals surface area contributed by atoms with Crippen LogP contribution in [0.4, 0.5) is 4.79 Å². The van der Waals surface area contributed by atoms with Gasteiger partial charge in [0.05, 0.1) is 23.6 Å². The molecule has 1 saturated heterocycles. The molecule has 0 saturated carbocycles. The van der Waals surface area contributed by atoms with Gasteiger partial charge in [0.1, 0.15) is 24.2 Å². The van der Waals surface area contributed by atoms with Crippen molar-refractivity contribution in [2.24, 2.45) is 5.92 Å². The molecule has 216 valence electrons. The number of likely N-dealkylation sites (N-methyl/N-ethyl adjacent to an activating group) is 1. The van der Waals surface area contributed by atoms with Gasteiger partial charge in [0, 0.05) is 44.9 Å². The first kappa shape index (κ1) is 29.3. The van der Waals surface area contributed by atoms with Gasteiger partial charge < -0.3 is 34.2 Å². The van der Waals surface area contributed by atoms with Crippen LogP contribution in [0.5, 0.6) is 11.6 Å². The van der Waals surface area contributed by atoms with Crippen molar-refractivity contribution in [2.75, 3.05) is 54.0 Å². The lowest BCUT2D eigenvalue weighted by atomic mass is 9.98. The highest BCUT2D eigenvalue weighted by Crippen LogP contribution is 2.35. The van der Waals surface area contributed by atoms with E-state index in [4.69, 9.17) is 24.0 Å². The molecule has 1 fully saturated rings. The van der Waals surface area contributed by atoms with Crippen molar-refractivity contribution in [1.82, 2.24) is 30.2 Å². The molecule has 1 aromatic carbocycles. The third kappa shape index (κ3) is 6.89. The van der Waals surface area contributed by atoms with Crippen molar-refractivity contribution in [3.05, 3.63) is 41.3 Å². The number of hydrogen-bond acceptors (Lipinski definition) is 9. The van der Waals surface area contributed by atoms with Gasteiger partial charge in [-0.25, -0.2) is 9.78 Å². The molecule has 0 aliphatic carbocycles. The van der Waals surface area contributed by atoms with E-state index in [9.17, 15) is 9.90 Å². The van der Waals surface area contributed by atoms with Crippen LogP contribution in [0, 0.1) is 26.7 Å². The average Bonchev–Trinajstić information content (AvgIpc) is 3.28. The van der Waals surface area contributed by atoms with Gasteiger partial charge in [-0.2, -0.15) is 4.98 Å². The summed E-state index contributed by atoms with van der Waals surface area (Å²) in [6, 6.07) is 7.53. The minimum atomic E-state index is -0.622. The summed E-state index contributed by atoms with van der Waals surface area (Å²) in [6.07, 6.45) is 1.11. The number of aromatic nitrogens is 3. The number of nitrogens with one attached hydrogen (secondary N) is 1. The molecule has 2 amide bonds. The van der Waals surface area contributed by atoms with Crippen molar-refractivity contribution >= 4 is 6.03 Å². The molecule has 4 rings (SSSR count). The van der Waals surface area contributed by atoms with Gasteiger partial charge in [-0.05, 0) is 58.7 Å². The normalized spacial score (nSPS) is 14.7. The van der Waals surface area contributed by atoms with Crippen molar-refractivity contribution in [1.29, 1.82) is 0 Å². The smallest absolute Gasteiger partial charge is 0.319 e. The molecular formula is C29H40N6O5. The van der Waals surface area contributed by atoms with Crippen LogP contribution in [0.1, 0.15) is 29.9 Å². The van der Waals surface area contributed by atoms with Crippen LogP contribution in [0.15, 0.2) is 28.8 Å². The molecule has 40 heavy (non-hydrogen) atoms. The van der Waals surface area contributed by atoms with Crippen molar-refractivity contribution in [3.8, 4) is 34.3 Å². The summed E-state index contributed by atoms with van der Waals surface area (Å²) in [5, 5.41) is 17.1. The van der Waals surface area contributed by atoms with E-state index >= 15 is 0 Å². The lowest BCUT2D eigenvalue weighted by molar-refractivity contribution is 0.108. The number of hydrogen-bond donors (Lipinski definition) is 2. The number of piperidine rings is 1. The first-order valence-electron chi connectivity index (χ1n) is 13.6. The third-order valence-electron chi connectivity index (χ3n) is 7.07. The maximum Gasteiger partial charge on any atom is 0.319 e. The number of aliphatic hydroxyl groups excluding tert-OH is 1. The molecule has 1 aliphatic heterocycles. The van der Waals surface area contributed by atoms with Crippen LogP contribution in [0.2, 0.25) is 0 Å². The summed E-state index contributed by atoms with van der Waals surface area (Å²) in [4.78, 5) is 25.5. The Morgan fingerprint density at radius 3 is 2.60 bits per heavy atom. The minimum Gasteiger partial charge on any atom is -0.491 e. The summed E-state index contributed by atoms with van der Waals surface area (Å²) in [5.74, 6) is 2.58. The predicted octanol–water partition coefficient (Wildman–Crippen LogP) is 3.46. The Hall–Kier alpha value is -3.70. The van der Waals surface area contributed by atoms with Crippen LogP contribution in [0.25, 0.3) is 22.6 Å². The van der Waals surface area contributed by atoms with E-state index < -0.39 is 6.10 Å². The van der Waals surface area contributed by atoms with Gasteiger partial charge in [-0.3, -0.25) is 0 Å². The average molecular weight is 553 g/mol. The number of urea groups is 1. The van der Waals surface area contributed by atoms with E-state index in [1.807, 2.05) is 49.9 Å². The fraction of sp³-hybridized carbons (Fsp3) is 0.517. The second-order valence-electron chi connectivity index (χ2n) is 10.5. The highest BCUT2D eigenvalue weighted by molar-refractivity contribution is 5.74. The van der Waals surface area contributed by atoms with E-state index in [2.05, 4.69) is 10.5 Å². The Morgan fingerprint density at radius 1 is 1.20 bits per heavy atom. The molecule has 1 aliphatic rings. The van der Waals surface area contributed by atoms with Crippen LogP contribution in [-0.4, -0.2) is 96.2 Å². The molecule has 0 spiro atoms. The van der Waals surface area contributed by atoms with Gasteiger partial charge in [-0.15, -0.1) is 0 Å². The lowest BCUT2D eigenvalue weighted by Gasteiger charge is -2.33. The zero-order valence-electron chi connectivity index (χ0n) is 24.2. The molecule has 0 radical (unpaired) electrons. The number of rotatable bonds is 10. The zero-order valence-corrected chi connectivity index (χ0v) is 24.2. The number of aliphatic hydroxyl groups is 1. The summed E-state index contributed by atoms with van der Waals surface area (Å²) in [6.45, 7) is 8.21. The SMILES string of the molecule is CNCC(O)COc1cccc(-c2nc(OCC3CCN(C(=O)N(C)C)CC3)c(C)c(-c3c(C)noc3C)n2)c1. The Labute approximate surface area is 235 Å².